The van der Waals surface area contributed by atoms with Gasteiger partial charge in [0.05, 0.1) is 17.2 Å². The predicted molar refractivity (Wildman–Crippen MR) is 89.0 cm³/mol. The normalized spacial score (nSPS) is 12.0. The Morgan fingerprint density at radius 1 is 1.00 bits per heavy atom. The largest absolute Gasteiger partial charge is 0.457 e. The summed E-state index contributed by atoms with van der Waals surface area (Å²) in [5.41, 5.74) is 0.0451. The summed E-state index contributed by atoms with van der Waals surface area (Å²) in [5.74, 6) is 0.0323. The number of hydrogen-bond acceptors (Lipinski definition) is 2. The number of furan rings is 1. The van der Waals surface area contributed by atoms with Crippen molar-refractivity contribution < 1.29 is 22.0 Å². The lowest BCUT2D eigenvalue weighted by atomic mass is 10.1. The van der Waals surface area contributed by atoms with Gasteiger partial charge in [0.1, 0.15) is 17.3 Å². The van der Waals surface area contributed by atoms with Gasteiger partial charge < -0.3 is 4.42 Å². The first kappa shape index (κ1) is 17.5. The Morgan fingerprint density at radius 3 is 2.46 bits per heavy atom. The van der Waals surface area contributed by atoms with Crippen LogP contribution in [0.5, 0.6) is 0 Å². The predicted octanol–water partition coefficient (Wildman–Crippen LogP) is 6.17. The van der Waals surface area contributed by atoms with Gasteiger partial charge in [-0.2, -0.15) is 18.4 Å². The lowest BCUT2D eigenvalue weighted by Crippen LogP contribution is -2.04. The molecular formula is C20H11F4NO. The molecule has 1 aromatic heterocycles. The Balaban J connectivity index is 1.94. The third-order valence-corrected chi connectivity index (χ3v) is 3.64. The molecule has 2 nitrogen and oxygen atoms in total. The summed E-state index contributed by atoms with van der Waals surface area (Å²) >= 11 is 0. The fourth-order valence-corrected chi connectivity index (χ4v) is 2.41. The number of rotatable bonds is 3. The van der Waals surface area contributed by atoms with Gasteiger partial charge in [-0.3, -0.25) is 0 Å². The molecule has 2 aromatic carbocycles. The van der Waals surface area contributed by atoms with Crippen molar-refractivity contribution in [2.75, 3.05) is 0 Å². The van der Waals surface area contributed by atoms with Crippen LogP contribution in [0.4, 0.5) is 17.6 Å². The van der Waals surface area contributed by atoms with Gasteiger partial charge in [-0.05, 0) is 48.0 Å². The average molecular weight is 357 g/mol. The van der Waals surface area contributed by atoms with E-state index >= 15 is 0 Å². The Labute approximate surface area is 146 Å². The minimum Gasteiger partial charge on any atom is -0.457 e. The third-order valence-electron chi connectivity index (χ3n) is 3.64. The molecule has 0 aliphatic carbocycles. The number of allylic oxidation sites excluding steroid dienone is 1. The second-order valence-corrected chi connectivity index (χ2v) is 5.46. The standard InChI is InChI=1S/C20H11F4NO/c21-17-6-2-3-13(10-17)15(12-25)11-18-7-8-19(26-18)14-4-1-5-16(9-14)20(22,23)24/h1-11H/b15-11+. The molecule has 0 radical (unpaired) electrons. The molecule has 0 fully saturated rings. The van der Waals surface area contributed by atoms with Crippen molar-refractivity contribution in [2.24, 2.45) is 0 Å². The molecule has 130 valence electrons. The third kappa shape index (κ3) is 3.83. The van der Waals surface area contributed by atoms with E-state index < -0.39 is 17.6 Å². The van der Waals surface area contributed by atoms with Crippen molar-refractivity contribution in [1.29, 1.82) is 5.26 Å². The second-order valence-electron chi connectivity index (χ2n) is 5.46. The molecule has 3 rings (SSSR count). The van der Waals surface area contributed by atoms with Crippen LogP contribution in [0, 0.1) is 17.1 Å². The highest BCUT2D eigenvalue weighted by atomic mass is 19.4. The van der Waals surface area contributed by atoms with Crippen molar-refractivity contribution in [3.8, 4) is 17.4 Å². The van der Waals surface area contributed by atoms with Crippen molar-refractivity contribution in [3.05, 3.63) is 83.4 Å². The molecule has 0 bridgehead atoms. The first-order valence-corrected chi connectivity index (χ1v) is 7.52. The lowest BCUT2D eigenvalue weighted by Gasteiger charge is -2.07. The molecule has 0 amide bonds. The van der Waals surface area contributed by atoms with Crippen LogP contribution in [0.15, 0.2) is 65.1 Å². The zero-order valence-electron chi connectivity index (χ0n) is 13.2. The van der Waals surface area contributed by atoms with Gasteiger partial charge in [0.2, 0.25) is 0 Å². The number of halogens is 4. The van der Waals surface area contributed by atoms with Gasteiger partial charge in [0, 0.05) is 5.56 Å². The highest BCUT2D eigenvalue weighted by molar-refractivity contribution is 5.88. The molecule has 0 N–H and O–H groups in total. The van der Waals surface area contributed by atoms with Crippen LogP contribution in [-0.2, 0) is 6.18 Å². The summed E-state index contributed by atoms with van der Waals surface area (Å²) in [7, 11) is 0. The van der Waals surface area contributed by atoms with Gasteiger partial charge in [0.15, 0.2) is 0 Å². The zero-order valence-corrected chi connectivity index (χ0v) is 13.2. The molecule has 0 aliphatic rings. The topological polar surface area (TPSA) is 36.9 Å². The molecule has 3 aromatic rings. The molecule has 0 saturated carbocycles. The summed E-state index contributed by atoms with van der Waals surface area (Å²) in [6.45, 7) is 0. The van der Waals surface area contributed by atoms with Crippen LogP contribution >= 0.6 is 0 Å². The Kier molecular flexibility index (Phi) is 4.63. The van der Waals surface area contributed by atoms with Gasteiger partial charge in [-0.15, -0.1) is 0 Å². The van der Waals surface area contributed by atoms with E-state index in [2.05, 4.69) is 0 Å². The summed E-state index contributed by atoms with van der Waals surface area (Å²) in [5, 5.41) is 9.27. The molecule has 6 heteroatoms. The average Bonchev–Trinajstić information content (AvgIpc) is 3.08. The van der Waals surface area contributed by atoms with Crippen molar-refractivity contribution >= 4 is 11.6 Å². The van der Waals surface area contributed by atoms with Gasteiger partial charge in [-0.25, -0.2) is 4.39 Å². The molecule has 0 aliphatic heterocycles. The molecule has 0 spiro atoms. The van der Waals surface area contributed by atoms with Crippen LogP contribution in [0.3, 0.4) is 0 Å². The van der Waals surface area contributed by atoms with E-state index in [0.717, 1.165) is 12.1 Å². The fourth-order valence-electron chi connectivity index (χ4n) is 2.41. The van der Waals surface area contributed by atoms with Gasteiger partial charge in [0.25, 0.3) is 0 Å². The van der Waals surface area contributed by atoms with E-state index in [4.69, 9.17) is 4.42 Å². The SMILES string of the molecule is N#C/C(=C\c1ccc(-c2cccc(C(F)(F)F)c2)o1)c1cccc(F)c1. The van der Waals surface area contributed by atoms with E-state index in [-0.39, 0.29) is 22.7 Å². The maximum absolute atomic E-state index is 13.3. The summed E-state index contributed by atoms with van der Waals surface area (Å²) in [6, 6.07) is 15.3. The zero-order chi connectivity index (χ0) is 18.7. The van der Waals surface area contributed by atoms with E-state index in [1.54, 1.807) is 6.07 Å². The Morgan fingerprint density at radius 2 is 1.77 bits per heavy atom. The number of benzene rings is 2. The number of nitrogens with zero attached hydrogens (tertiary/aromatic N) is 1. The Bertz CT molecular complexity index is 1010. The van der Waals surface area contributed by atoms with Crippen molar-refractivity contribution in [3.63, 3.8) is 0 Å². The number of hydrogen-bond donors (Lipinski definition) is 0. The summed E-state index contributed by atoms with van der Waals surface area (Å²) < 4.78 is 57.3. The molecular weight excluding hydrogens is 346 g/mol. The summed E-state index contributed by atoms with van der Waals surface area (Å²) in [4.78, 5) is 0. The number of alkyl halides is 3. The Hall–Kier alpha value is -3.33. The van der Waals surface area contributed by atoms with E-state index in [1.165, 1.54) is 48.5 Å². The minimum atomic E-state index is -4.45. The highest BCUT2D eigenvalue weighted by Crippen LogP contribution is 2.33. The minimum absolute atomic E-state index is 0.175. The fraction of sp³-hybridized carbons (Fsp3) is 0.0500. The van der Waals surface area contributed by atoms with Crippen LogP contribution in [0.25, 0.3) is 23.0 Å². The maximum atomic E-state index is 13.3. The molecule has 0 saturated heterocycles. The first-order valence-electron chi connectivity index (χ1n) is 7.52. The van der Waals surface area contributed by atoms with Crippen molar-refractivity contribution in [2.45, 2.75) is 6.18 Å². The van der Waals surface area contributed by atoms with Crippen molar-refractivity contribution in [1.82, 2.24) is 0 Å². The summed E-state index contributed by atoms with van der Waals surface area (Å²) in [6.07, 6.45) is -3.04. The van der Waals surface area contributed by atoms with E-state index in [1.807, 2.05) is 6.07 Å². The van der Waals surface area contributed by atoms with Crippen LogP contribution in [-0.4, -0.2) is 0 Å². The van der Waals surface area contributed by atoms with Crippen LogP contribution < -0.4 is 0 Å². The van der Waals surface area contributed by atoms with E-state index in [9.17, 15) is 22.8 Å². The maximum Gasteiger partial charge on any atom is 0.416 e. The highest BCUT2D eigenvalue weighted by Gasteiger charge is 2.30. The second kappa shape index (κ2) is 6.89. The number of nitriles is 1. The monoisotopic (exact) mass is 357 g/mol. The van der Waals surface area contributed by atoms with Gasteiger partial charge in [-0.1, -0.05) is 24.3 Å². The molecule has 0 unspecified atom stereocenters. The van der Waals surface area contributed by atoms with Crippen LogP contribution in [0.2, 0.25) is 0 Å². The lowest BCUT2D eigenvalue weighted by molar-refractivity contribution is -0.137. The first-order chi connectivity index (χ1) is 12.4. The molecule has 26 heavy (non-hydrogen) atoms. The van der Waals surface area contributed by atoms with E-state index in [0.29, 0.717) is 5.56 Å². The quantitative estimate of drug-likeness (QED) is 0.415. The molecule has 0 atom stereocenters. The smallest absolute Gasteiger partial charge is 0.416 e. The molecule has 1 heterocycles. The van der Waals surface area contributed by atoms with Crippen LogP contribution in [0.1, 0.15) is 16.9 Å². The van der Waals surface area contributed by atoms with Gasteiger partial charge >= 0.3 is 6.18 Å².